The number of unbranched alkanes of at least 4 members (excludes halogenated alkanes) is 1. The van der Waals surface area contributed by atoms with Crippen molar-refractivity contribution in [3.05, 3.63) is 24.3 Å². The molecule has 0 fully saturated rings. The van der Waals surface area contributed by atoms with Gasteiger partial charge in [0.2, 0.25) is 0 Å². The normalized spacial score (nSPS) is 9.81. The van der Waals surface area contributed by atoms with Crippen molar-refractivity contribution in [1.82, 2.24) is 5.32 Å². The van der Waals surface area contributed by atoms with Gasteiger partial charge in [-0.25, -0.2) is 4.79 Å². The molecule has 0 aliphatic carbocycles. The third kappa shape index (κ3) is 7.20. The molecule has 0 aromatic heterocycles. The molecule has 1 amide bonds. The summed E-state index contributed by atoms with van der Waals surface area (Å²) in [4.78, 5) is 22.7. The first-order valence-corrected chi connectivity index (χ1v) is 6.85. The summed E-state index contributed by atoms with van der Waals surface area (Å²) in [6, 6.07) is 6.82. The van der Waals surface area contributed by atoms with E-state index in [-0.39, 0.29) is 19.1 Å². The first kappa shape index (κ1) is 16.8. The van der Waals surface area contributed by atoms with Crippen molar-refractivity contribution in [2.75, 3.05) is 26.9 Å². The number of ether oxygens (including phenoxy) is 3. The fourth-order valence-corrected chi connectivity index (χ4v) is 1.46. The van der Waals surface area contributed by atoms with Crippen LogP contribution in [0.1, 0.15) is 19.8 Å². The Kier molecular flexibility index (Phi) is 7.71. The predicted octanol–water partition coefficient (Wildman–Crippen LogP) is 1.53. The van der Waals surface area contributed by atoms with Gasteiger partial charge in [0.15, 0.2) is 13.2 Å². The molecule has 0 saturated heterocycles. The summed E-state index contributed by atoms with van der Waals surface area (Å²) >= 11 is 0. The Morgan fingerprint density at radius 3 is 2.38 bits per heavy atom. The molecule has 116 valence electrons. The SMILES string of the molecule is CCCCNC(=O)COC(=O)COc1ccc(OC)cc1. The minimum atomic E-state index is -0.587. The van der Waals surface area contributed by atoms with Crippen LogP contribution in [0.3, 0.4) is 0 Å². The van der Waals surface area contributed by atoms with E-state index in [9.17, 15) is 9.59 Å². The lowest BCUT2D eigenvalue weighted by Gasteiger charge is -2.08. The Hall–Kier alpha value is -2.24. The molecule has 0 heterocycles. The molecule has 1 rings (SSSR count). The molecule has 0 atom stereocenters. The highest BCUT2D eigenvalue weighted by Gasteiger charge is 2.08. The number of rotatable bonds is 9. The van der Waals surface area contributed by atoms with Crippen molar-refractivity contribution in [2.45, 2.75) is 19.8 Å². The number of carbonyl (C=O) groups excluding carboxylic acids is 2. The van der Waals surface area contributed by atoms with E-state index in [4.69, 9.17) is 14.2 Å². The van der Waals surface area contributed by atoms with Crippen LogP contribution in [0.15, 0.2) is 24.3 Å². The lowest BCUT2D eigenvalue weighted by molar-refractivity contribution is -0.150. The van der Waals surface area contributed by atoms with Crippen molar-refractivity contribution >= 4 is 11.9 Å². The Bertz CT molecular complexity index is 444. The number of hydrogen-bond acceptors (Lipinski definition) is 5. The van der Waals surface area contributed by atoms with E-state index in [0.717, 1.165) is 12.8 Å². The quantitative estimate of drug-likeness (QED) is 0.552. The molecule has 1 aromatic carbocycles. The topological polar surface area (TPSA) is 73.9 Å². The molecular weight excluding hydrogens is 274 g/mol. The number of amides is 1. The number of methoxy groups -OCH3 is 1. The Morgan fingerprint density at radius 2 is 1.76 bits per heavy atom. The first-order valence-electron chi connectivity index (χ1n) is 6.85. The standard InChI is InChI=1S/C15H21NO5/c1-3-4-9-16-14(17)10-21-15(18)11-20-13-7-5-12(19-2)6-8-13/h5-8H,3-4,9-11H2,1-2H3,(H,16,17). The zero-order valence-electron chi connectivity index (χ0n) is 12.4. The van der Waals surface area contributed by atoms with Crippen molar-refractivity contribution < 1.29 is 23.8 Å². The van der Waals surface area contributed by atoms with Gasteiger partial charge in [0.25, 0.3) is 5.91 Å². The van der Waals surface area contributed by atoms with Gasteiger partial charge < -0.3 is 19.5 Å². The number of nitrogens with one attached hydrogen (secondary N) is 1. The molecule has 1 aromatic rings. The van der Waals surface area contributed by atoms with E-state index >= 15 is 0 Å². The maximum Gasteiger partial charge on any atom is 0.344 e. The summed E-state index contributed by atoms with van der Waals surface area (Å²) < 4.78 is 15.0. The minimum absolute atomic E-state index is 0.241. The first-order chi connectivity index (χ1) is 10.2. The van der Waals surface area contributed by atoms with Crippen LogP contribution in [0.2, 0.25) is 0 Å². The monoisotopic (exact) mass is 295 g/mol. The molecule has 0 aliphatic heterocycles. The van der Waals surface area contributed by atoms with Crippen molar-refractivity contribution in [1.29, 1.82) is 0 Å². The molecule has 0 saturated carbocycles. The minimum Gasteiger partial charge on any atom is -0.497 e. The largest absolute Gasteiger partial charge is 0.497 e. The molecule has 0 radical (unpaired) electrons. The van der Waals surface area contributed by atoms with Gasteiger partial charge in [-0.2, -0.15) is 0 Å². The predicted molar refractivity (Wildman–Crippen MR) is 77.4 cm³/mol. The molecule has 0 bridgehead atoms. The number of esters is 1. The summed E-state index contributed by atoms with van der Waals surface area (Å²) in [5.41, 5.74) is 0. The van der Waals surface area contributed by atoms with Crippen molar-refractivity contribution in [3.63, 3.8) is 0 Å². The maximum atomic E-state index is 11.4. The second kappa shape index (κ2) is 9.63. The van der Waals surface area contributed by atoms with Gasteiger partial charge in [0.05, 0.1) is 7.11 Å². The van der Waals surface area contributed by atoms with Crippen LogP contribution in [0.4, 0.5) is 0 Å². The third-order valence-electron chi connectivity index (χ3n) is 2.63. The fourth-order valence-electron chi connectivity index (χ4n) is 1.46. The molecule has 0 aliphatic rings. The summed E-state index contributed by atoms with van der Waals surface area (Å²) in [6.45, 7) is 2.10. The molecule has 0 unspecified atom stereocenters. The summed E-state index contributed by atoms with van der Waals surface area (Å²) in [6.07, 6.45) is 1.90. The van der Waals surface area contributed by atoms with Crippen LogP contribution >= 0.6 is 0 Å². The van der Waals surface area contributed by atoms with Crippen molar-refractivity contribution in [3.8, 4) is 11.5 Å². The second-order valence-electron chi connectivity index (χ2n) is 4.33. The third-order valence-corrected chi connectivity index (χ3v) is 2.63. The van der Waals surface area contributed by atoms with Gasteiger partial charge in [-0.3, -0.25) is 4.79 Å². The van der Waals surface area contributed by atoms with Crippen LogP contribution in [-0.2, 0) is 14.3 Å². The average molecular weight is 295 g/mol. The van der Waals surface area contributed by atoms with E-state index in [1.807, 2.05) is 6.92 Å². The summed E-state index contributed by atoms with van der Waals surface area (Å²) in [7, 11) is 1.57. The Labute approximate surface area is 124 Å². The molecule has 6 nitrogen and oxygen atoms in total. The summed E-state index contributed by atoms with van der Waals surface area (Å²) in [5, 5.41) is 2.65. The van der Waals surface area contributed by atoms with E-state index in [2.05, 4.69) is 5.32 Å². The highest BCUT2D eigenvalue weighted by molar-refractivity contribution is 5.80. The van der Waals surface area contributed by atoms with E-state index < -0.39 is 5.97 Å². The zero-order valence-corrected chi connectivity index (χ0v) is 12.4. The molecule has 21 heavy (non-hydrogen) atoms. The highest BCUT2D eigenvalue weighted by Crippen LogP contribution is 2.16. The van der Waals surface area contributed by atoms with Crippen LogP contribution in [0.5, 0.6) is 11.5 Å². The van der Waals surface area contributed by atoms with Crippen LogP contribution in [-0.4, -0.2) is 38.7 Å². The van der Waals surface area contributed by atoms with Crippen molar-refractivity contribution in [2.24, 2.45) is 0 Å². The molecular formula is C15H21NO5. The van der Waals surface area contributed by atoms with Gasteiger partial charge in [0.1, 0.15) is 11.5 Å². The lowest BCUT2D eigenvalue weighted by Crippen LogP contribution is -2.30. The van der Waals surface area contributed by atoms with Crippen LogP contribution in [0, 0.1) is 0 Å². The van der Waals surface area contributed by atoms with E-state index in [1.165, 1.54) is 0 Å². The Morgan fingerprint density at radius 1 is 1.10 bits per heavy atom. The highest BCUT2D eigenvalue weighted by atomic mass is 16.6. The molecule has 1 N–H and O–H groups in total. The zero-order chi connectivity index (χ0) is 15.5. The average Bonchev–Trinajstić information content (AvgIpc) is 2.51. The smallest absolute Gasteiger partial charge is 0.344 e. The van der Waals surface area contributed by atoms with Gasteiger partial charge in [0, 0.05) is 6.54 Å². The van der Waals surface area contributed by atoms with Gasteiger partial charge in [-0.1, -0.05) is 13.3 Å². The summed E-state index contributed by atoms with van der Waals surface area (Å²) in [5.74, 6) is 0.339. The second-order valence-corrected chi connectivity index (χ2v) is 4.33. The molecule has 0 spiro atoms. The molecule has 6 heteroatoms. The van der Waals surface area contributed by atoms with Crippen LogP contribution in [0.25, 0.3) is 0 Å². The number of hydrogen-bond donors (Lipinski definition) is 1. The Balaban J connectivity index is 2.19. The van der Waals surface area contributed by atoms with Crippen LogP contribution < -0.4 is 14.8 Å². The lowest BCUT2D eigenvalue weighted by atomic mass is 10.3. The van der Waals surface area contributed by atoms with Gasteiger partial charge in [-0.15, -0.1) is 0 Å². The number of benzene rings is 1. The van der Waals surface area contributed by atoms with E-state index in [1.54, 1.807) is 31.4 Å². The van der Waals surface area contributed by atoms with Gasteiger partial charge >= 0.3 is 5.97 Å². The fraction of sp³-hybridized carbons (Fsp3) is 0.467. The maximum absolute atomic E-state index is 11.4. The van der Waals surface area contributed by atoms with E-state index in [0.29, 0.717) is 18.0 Å². The van der Waals surface area contributed by atoms with Gasteiger partial charge in [-0.05, 0) is 30.7 Å². The number of carbonyl (C=O) groups is 2.